The van der Waals surface area contributed by atoms with E-state index in [1.165, 1.54) is 5.39 Å². The van der Waals surface area contributed by atoms with Gasteiger partial charge in [0, 0.05) is 37.4 Å². The molecule has 0 N–H and O–H groups in total. The molecule has 0 unspecified atom stereocenters. The minimum Gasteiger partial charge on any atom is -0.304 e. The summed E-state index contributed by atoms with van der Waals surface area (Å²) in [5.41, 5.74) is 8.25. The first-order valence-electron chi connectivity index (χ1n) is 11.3. The van der Waals surface area contributed by atoms with E-state index in [0.29, 0.717) is 0 Å². The molecule has 35 heavy (non-hydrogen) atoms. The fourth-order valence-corrected chi connectivity index (χ4v) is 4.33. The van der Waals surface area contributed by atoms with Gasteiger partial charge >= 0.3 is 0 Å². The van der Waals surface area contributed by atoms with Gasteiger partial charge in [-0.15, -0.1) is 35.4 Å². The van der Waals surface area contributed by atoms with E-state index in [1.54, 1.807) is 0 Å². The van der Waals surface area contributed by atoms with E-state index in [1.807, 2.05) is 54.7 Å². The number of hydrogen-bond donors (Lipinski definition) is 0. The van der Waals surface area contributed by atoms with Crippen molar-refractivity contribution in [2.24, 2.45) is 0 Å². The van der Waals surface area contributed by atoms with Gasteiger partial charge in [0.2, 0.25) is 0 Å². The summed E-state index contributed by atoms with van der Waals surface area (Å²) in [6.07, 6.45) is 1.87. The molecule has 0 fully saturated rings. The molecule has 0 aliphatic heterocycles. The van der Waals surface area contributed by atoms with Gasteiger partial charge in [0.25, 0.3) is 0 Å². The number of hydrogen-bond acceptors (Lipinski definition) is 2. The molecule has 0 amide bonds. The SMILES string of the molecule is [Ir].[c-]1ccc(-c2cc(-c3ccccc3)nc(-c3ccccc3)c2)cc1-c1nccc2ccccc12. The molecule has 6 aromatic rings. The van der Waals surface area contributed by atoms with E-state index in [-0.39, 0.29) is 20.1 Å². The molecule has 0 atom stereocenters. The van der Waals surface area contributed by atoms with E-state index < -0.39 is 0 Å². The maximum atomic E-state index is 5.00. The summed E-state index contributed by atoms with van der Waals surface area (Å²) in [5.74, 6) is 0. The number of nitrogens with zero attached hydrogens (tertiary/aromatic N) is 2. The molecule has 1 radical (unpaired) electrons. The minimum atomic E-state index is 0. The van der Waals surface area contributed by atoms with Crippen molar-refractivity contribution < 1.29 is 20.1 Å². The first-order valence-corrected chi connectivity index (χ1v) is 11.3. The Morgan fingerprint density at radius 2 is 1.17 bits per heavy atom. The zero-order chi connectivity index (χ0) is 22.7. The monoisotopic (exact) mass is 626 g/mol. The zero-order valence-electron chi connectivity index (χ0n) is 18.9. The quantitative estimate of drug-likeness (QED) is 0.185. The number of rotatable bonds is 4. The van der Waals surface area contributed by atoms with Crippen LogP contribution in [-0.2, 0) is 20.1 Å². The summed E-state index contributed by atoms with van der Waals surface area (Å²) in [7, 11) is 0. The summed E-state index contributed by atoms with van der Waals surface area (Å²) in [6.45, 7) is 0. The molecular formula is C32H21IrN2-. The number of fused-ring (bicyclic) bond motifs is 1. The summed E-state index contributed by atoms with van der Waals surface area (Å²) in [6, 6.07) is 45.0. The fraction of sp³-hybridized carbons (Fsp3) is 0. The third kappa shape index (κ3) is 4.70. The van der Waals surface area contributed by atoms with Crippen molar-refractivity contribution in [1.29, 1.82) is 0 Å². The van der Waals surface area contributed by atoms with Crippen LogP contribution in [0.2, 0.25) is 0 Å². The largest absolute Gasteiger partial charge is 0.304 e. The Morgan fingerprint density at radius 3 is 1.86 bits per heavy atom. The predicted octanol–water partition coefficient (Wildman–Crippen LogP) is 8.10. The van der Waals surface area contributed by atoms with Crippen LogP contribution in [0, 0.1) is 6.07 Å². The Hall–Kier alpha value is -3.91. The number of aromatic nitrogens is 2. The standard InChI is InChI=1S/C32H21N2.Ir/c1-3-11-24(12-4-1)30-21-28(22-31(34-30)25-13-5-2-6-14-25)26-15-9-16-27(20-26)32-29-17-8-7-10-23(29)18-19-33-32;/h1-15,17-22H;/q-1;. The Kier molecular flexibility index (Phi) is 6.63. The average Bonchev–Trinajstić information content (AvgIpc) is 2.93. The van der Waals surface area contributed by atoms with Crippen molar-refractivity contribution in [1.82, 2.24) is 9.97 Å². The average molecular weight is 626 g/mol. The van der Waals surface area contributed by atoms with E-state index in [0.717, 1.165) is 50.3 Å². The molecule has 4 aromatic carbocycles. The minimum absolute atomic E-state index is 0. The van der Waals surface area contributed by atoms with Crippen molar-refractivity contribution in [2.45, 2.75) is 0 Å². The zero-order valence-corrected chi connectivity index (χ0v) is 21.2. The second-order valence-electron chi connectivity index (χ2n) is 8.23. The summed E-state index contributed by atoms with van der Waals surface area (Å²) in [4.78, 5) is 9.70. The maximum Gasteiger partial charge on any atom is 0.0715 e. The summed E-state index contributed by atoms with van der Waals surface area (Å²) >= 11 is 0. The van der Waals surface area contributed by atoms with Crippen LogP contribution in [0.1, 0.15) is 0 Å². The first kappa shape index (κ1) is 22.9. The molecule has 0 saturated heterocycles. The van der Waals surface area contributed by atoms with Crippen LogP contribution in [0.4, 0.5) is 0 Å². The smallest absolute Gasteiger partial charge is 0.0715 e. The Bertz CT molecular complexity index is 1530. The number of benzene rings is 4. The second kappa shape index (κ2) is 10.1. The maximum absolute atomic E-state index is 5.00. The van der Waals surface area contributed by atoms with Gasteiger partial charge in [-0.25, -0.2) is 4.98 Å². The molecule has 0 saturated carbocycles. The van der Waals surface area contributed by atoms with E-state index >= 15 is 0 Å². The van der Waals surface area contributed by atoms with E-state index in [2.05, 4.69) is 78.9 Å². The molecule has 3 heteroatoms. The second-order valence-corrected chi connectivity index (χ2v) is 8.23. The van der Waals surface area contributed by atoms with E-state index in [9.17, 15) is 0 Å². The summed E-state index contributed by atoms with van der Waals surface area (Å²) < 4.78 is 0. The molecule has 0 bridgehead atoms. The van der Waals surface area contributed by atoms with Crippen molar-refractivity contribution in [3.05, 3.63) is 134 Å². The van der Waals surface area contributed by atoms with Crippen LogP contribution in [0.25, 0.3) is 55.7 Å². The van der Waals surface area contributed by atoms with Gasteiger partial charge in [-0.1, -0.05) is 84.9 Å². The van der Waals surface area contributed by atoms with Crippen LogP contribution in [0.3, 0.4) is 0 Å². The van der Waals surface area contributed by atoms with Gasteiger partial charge in [-0.05, 0) is 40.2 Å². The third-order valence-corrected chi connectivity index (χ3v) is 6.03. The van der Waals surface area contributed by atoms with Gasteiger partial charge in [0.05, 0.1) is 11.4 Å². The molecule has 2 heterocycles. The molecule has 169 valence electrons. The van der Waals surface area contributed by atoms with Crippen LogP contribution < -0.4 is 0 Å². The van der Waals surface area contributed by atoms with Crippen LogP contribution >= 0.6 is 0 Å². The van der Waals surface area contributed by atoms with Gasteiger partial charge in [0.15, 0.2) is 0 Å². The van der Waals surface area contributed by atoms with E-state index in [4.69, 9.17) is 9.97 Å². The van der Waals surface area contributed by atoms with Crippen LogP contribution in [0.15, 0.2) is 128 Å². The normalized spacial score (nSPS) is 10.6. The van der Waals surface area contributed by atoms with Gasteiger partial charge in [-0.2, -0.15) is 0 Å². The third-order valence-electron chi connectivity index (χ3n) is 6.03. The Balaban J connectivity index is 0.00000253. The first-order chi connectivity index (χ1) is 16.8. The van der Waals surface area contributed by atoms with Crippen molar-refractivity contribution in [3.63, 3.8) is 0 Å². The van der Waals surface area contributed by atoms with Crippen LogP contribution in [0.5, 0.6) is 0 Å². The molecule has 0 aliphatic rings. The van der Waals surface area contributed by atoms with Crippen molar-refractivity contribution in [3.8, 4) is 44.9 Å². The van der Waals surface area contributed by atoms with Gasteiger partial charge < -0.3 is 4.98 Å². The topological polar surface area (TPSA) is 25.8 Å². The fourth-order valence-electron chi connectivity index (χ4n) is 4.33. The van der Waals surface area contributed by atoms with Crippen molar-refractivity contribution >= 4 is 10.8 Å². The molecule has 2 aromatic heterocycles. The number of pyridine rings is 2. The Labute approximate surface area is 218 Å². The van der Waals surface area contributed by atoms with Crippen LogP contribution in [-0.4, -0.2) is 9.97 Å². The summed E-state index contributed by atoms with van der Waals surface area (Å²) in [5, 5.41) is 2.30. The van der Waals surface area contributed by atoms with Gasteiger partial charge in [0.1, 0.15) is 0 Å². The molecule has 0 spiro atoms. The van der Waals surface area contributed by atoms with Crippen molar-refractivity contribution in [2.75, 3.05) is 0 Å². The Morgan fingerprint density at radius 1 is 0.543 bits per heavy atom. The molecule has 2 nitrogen and oxygen atoms in total. The molecule has 0 aliphatic carbocycles. The molecular weight excluding hydrogens is 605 g/mol. The predicted molar refractivity (Wildman–Crippen MR) is 140 cm³/mol. The molecule has 6 rings (SSSR count). The van der Waals surface area contributed by atoms with Gasteiger partial charge in [-0.3, -0.25) is 0 Å².